The lowest BCUT2D eigenvalue weighted by Gasteiger charge is -2.33. The molecule has 1 atom stereocenters. The average molecular weight is 303 g/mol. The summed E-state index contributed by atoms with van der Waals surface area (Å²) < 4.78 is 5.20. The fourth-order valence-corrected chi connectivity index (χ4v) is 3.29. The van der Waals surface area contributed by atoms with E-state index in [1.54, 1.807) is 4.90 Å². The molecule has 1 amide bonds. The lowest BCUT2D eigenvalue weighted by Crippen LogP contribution is -2.51. The van der Waals surface area contributed by atoms with Crippen molar-refractivity contribution in [1.82, 2.24) is 4.90 Å². The monoisotopic (exact) mass is 303 g/mol. The molecule has 1 N–H and O–H groups in total. The van der Waals surface area contributed by atoms with Gasteiger partial charge in [0.25, 0.3) is 0 Å². The normalized spacial score (nSPS) is 23.2. The van der Waals surface area contributed by atoms with Crippen molar-refractivity contribution >= 4 is 11.9 Å². The Bertz CT molecular complexity index is 601. The number of ether oxygens (including phenoxy) is 1. The van der Waals surface area contributed by atoms with Crippen LogP contribution in [0.25, 0.3) is 0 Å². The number of nitrogens with zero attached hydrogens (tertiary/aromatic N) is 1. The van der Waals surface area contributed by atoms with Crippen molar-refractivity contribution in [2.75, 3.05) is 19.7 Å². The van der Waals surface area contributed by atoms with Crippen LogP contribution in [0.15, 0.2) is 18.2 Å². The Morgan fingerprint density at radius 2 is 1.86 bits per heavy atom. The summed E-state index contributed by atoms with van der Waals surface area (Å²) in [6, 6.07) is 6.25. The number of amides is 1. The lowest BCUT2D eigenvalue weighted by molar-refractivity contribution is -0.160. The Morgan fingerprint density at radius 1 is 1.23 bits per heavy atom. The second-order valence-corrected chi connectivity index (χ2v) is 6.41. The molecule has 0 spiro atoms. The lowest BCUT2D eigenvalue weighted by atomic mass is 9.91. The van der Waals surface area contributed by atoms with E-state index in [9.17, 15) is 9.59 Å². The standard InChI is InChI=1S/C17H21NO4/c1-11-7-12(2)9-13(8-11)17(3-4-17)16(21)18-5-6-22-14(10-18)15(19)20/h7-9,14H,3-6,10H2,1-2H3,(H,19,20). The highest BCUT2D eigenvalue weighted by Crippen LogP contribution is 2.50. The Labute approximate surface area is 129 Å². The van der Waals surface area contributed by atoms with E-state index in [0.29, 0.717) is 6.54 Å². The van der Waals surface area contributed by atoms with E-state index in [-0.39, 0.29) is 19.1 Å². The van der Waals surface area contributed by atoms with Crippen LogP contribution in [0.3, 0.4) is 0 Å². The molecule has 1 aliphatic heterocycles. The number of aryl methyl sites for hydroxylation is 2. The summed E-state index contributed by atoms with van der Waals surface area (Å²) in [4.78, 5) is 25.7. The van der Waals surface area contributed by atoms with Crippen molar-refractivity contribution in [3.63, 3.8) is 0 Å². The van der Waals surface area contributed by atoms with Crippen LogP contribution in [0.5, 0.6) is 0 Å². The number of carboxylic acids is 1. The molecule has 1 aromatic rings. The topological polar surface area (TPSA) is 66.8 Å². The second kappa shape index (κ2) is 5.39. The van der Waals surface area contributed by atoms with Crippen LogP contribution in [0.4, 0.5) is 0 Å². The molecule has 0 aromatic heterocycles. The highest BCUT2D eigenvalue weighted by Gasteiger charge is 2.53. The fourth-order valence-electron chi connectivity index (χ4n) is 3.29. The van der Waals surface area contributed by atoms with Gasteiger partial charge in [-0.05, 0) is 32.3 Å². The van der Waals surface area contributed by atoms with Crippen molar-refractivity contribution in [1.29, 1.82) is 0 Å². The molecule has 1 saturated carbocycles. The van der Waals surface area contributed by atoms with E-state index in [1.807, 2.05) is 13.8 Å². The van der Waals surface area contributed by atoms with E-state index in [1.165, 1.54) is 0 Å². The smallest absolute Gasteiger partial charge is 0.334 e. The molecule has 0 radical (unpaired) electrons. The first kappa shape index (κ1) is 15.0. The number of benzene rings is 1. The zero-order valence-corrected chi connectivity index (χ0v) is 13.0. The maximum atomic E-state index is 13.0. The van der Waals surface area contributed by atoms with Crippen LogP contribution in [0, 0.1) is 13.8 Å². The third-order valence-electron chi connectivity index (χ3n) is 4.56. The van der Waals surface area contributed by atoms with Gasteiger partial charge in [-0.15, -0.1) is 0 Å². The Kier molecular flexibility index (Phi) is 3.68. The summed E-state index contributed by atoms with van der Waals surface area (Å²) in [5, 5.41) is 9.08. The predicted molar refractivity (Wildman–Crippen MR) is 80.8 cm³/mol. The van der Waals surface area contributed by atoms with Gasteiger partial charge in [0.05, 0.1) is 18.6 Å². The van der Waals surface area contributed by atoms with Gasteiger partial charge in [0.15, 0.2) is 6.10 Å². The number of rotatable bonds is 3. The molecule has 3 rings (SSSR count). The van der Waals surface area contributed by atoms with Gasteiger partial charge in [0, 0.05) is 6.54 Å². The molecule has 5 heteroatoms. The quantitative estimate of drug-likeness (QED) is 0.922. The highest BCUT2D eigenvalue weighted by molar-refractivity contribution is 5.92. The predicted octanol–water partition coefficient (Wildman–Crippen LogP) is 1.65. The summed E-state index contributed by atoms with van der Waals surface area (Å²) in [7, 11) is 0. The Hall–Kier alpha value is -1.88. The molecule has 22 heavy (non-hydrogen) atoms. The SMILES string of the molecule is Cc1cc(C)cc(C2(C(=O)N3CCOC(C(=O)O)C3)CC2)c1. The molecule has 1 unspecified atom stereocenters. The highest BCUT2D eigenvalue weighted by atomic mass is 16.5. The average Bonchev–Trinajstić information content (AvgIpc) is 3.27. The zero-order valence-electron chi connectivity index (χ0n) is 13.0. The molecular formula is C17H21NO4. The van der Waals surface area contributed by atoms with E-state index >= 15 is 0 Å². The zero-order chi connectivity index (χ0) is 15.9. The van der Waals surface area contributed by atoms with E-state index in [0.717, 1.165) is 29.5 Å². The molecule has 1 aromatic carbocycles. The number of carbonyl (C=O) groups excluding carboxylic acids is 1. The molecule has 2 fully saturated rings. The van der Waals surface area contributed by atoms with Crippen molar-refractivity contribution in [2.24, 2.45) is 0 Å². The first-order valence-electron chi connectivity index (χ1n) is 7.65. The molecule has 0 bridgehead atoms. The first-order valence-corrected chi connectivity index (χ1v) is 7.65. The molecule has 118 valence electrons. The van der Waals surface area contributed by atoms with Crippen molar-refractivity contribution in [2.45, 2.75) is 38.2 Å². The number of carboxylic acid groups (broad SMARTS) is 1. The van der Waals surface area contributed by atoms with Crippen LogP contribution in [0.1, 0.15) is 29.5 Å². The molecule has 1 aliphatic carbocycles. The summed E-state index contributed by atoms with van der Waals surface area (Å²) >= 11 is 0. The largest absolute Gasteiger partial charge is 0.479 e. The third-order valence-corrected chi connectivity index (χ3v) is 4.56. The maximum absolute atomic E-state index is 13.0. The molecule has 2 aliphatic rings. The minimum Gasteiger partial charge on any atom is -0.479 e. The van der Waals surface area contributed by atoms with Crippen LogP contribution < -0.4 is 0 Å². The van der Waals surface area contributed by atoms with E-state index < -0.39 is 17.5 Å². The Balaban J connectivity index is 1.83. The number of hydrogen-bond acceptors (Lipinski definition) is 3. The van der Waals surface area contributed by atoms with Crippen LogP contribution in [-0.2, 0) is 19.7 Å². The van der Waals surface area contributed by atoms with Gasteiger partial charge in [-0.3, -0.25) is 4.79 Å². The number of carbonyl (C=O) groups is 2. The molecule has 1 heterocycles. The first-order chi connectivity index (χ1) is 10.4. The van der Waals surface area contributed by atoms with E-state index in [4.69, 9.17) is 9.84 Å². The van der Waals surface area contributed by atoms with Crippen molar-refractivity contribution in [3.05, 3.63) is 34.9 Å². The van der Waals surface area contributed by atoms with Gasteiger partial charge in [0.2, 0.25) is 5.91 Å². The summed E-state index contributed by atoms with van der Waals surface area (Å²) in [5.41, 5.74) is 2.92. The summed E-state index contributed by atoms with van der Waals surface area (Å²) in [5.74, 6) is -0.958. The molecular weight excluding hydrogens is 282 g/mol. The van der Waals surface area contributed by atoms with Gasteiger partial charge < -0.3 is 14.7 Å². The number of aliphatic carboxylic acids is 1. The van der Waals surface area contributed by atoms with Gasteiger partial charge in [-0.2, -0.15) is 0 Å². The molecule has 5 nitrogen and oxygen atoms in total. The number of hydrogen-bond donors (Lipinski definition) is 1. The second-order valence-electron chi connectivity index (χ2n) is 6.41. The minimum absolute atomic E-state index is 0.0482. The van der Waals surface area contributed by atoms with Crippen LogP contribution >= 0.6 is 0 Å². The summed E-state index contributed by atoms with van der Waals surface area (Å²) in [6.07, 6.45) is 0.765. The van der Waals surface area contributed by atoms with Crippen LogP contribution in [0.2, 0.25) is 0 Å². The molecule has 1 saturated heterocycles. The van der Waals surface area contributed by atoms with Gasteiger partial charge in [-0.25, -0.2) is 4.79 Å². The van der Waals surface area contributed by atoms with E-state index in [2.05, 4.69) is 18.2 Å². The third kappa shape index (κ3) is 2.61. The summed E-state index contributed by atoms with van der Waals surface area (Å²) in [6.45, 7) is 4.96. The van der Waals surface area contributed by atoms with Gasteiger partial charge >= 0.3 is 5.97 Å². The van der Waals surface area contributed by atoms with Crippen molar-refractivity contribution in [3.8, 4) is 0 Å². The number of morpholine rings is 1. The Morgan fingerprint density at radius 3 is 2.41 bits per heavy atom. The van der Waals surface area contributed by atoms with Crippen LogP contribution in [-0.4, -0.2) is 47.7 Å². The van der Waals surface area contributed by atoms with Crippen molar-refractivity contribution < 1.29 is 19.4 Å². The van der Waals surface area contributed by atoms with Gasteiger partial charge in [-0.1, -0.05) is 29.3 Å². The van der Waals surface area contributed by atoms with Gasteiger partial charge in [0.1, 0.15) is 0 Å². The maximum Gasteiger partial charge on any atom is 0.334 e. The fraction of sp³-hybridized carbons (Fsp3) is 0.529. The minimum atomic E-state index is -1.01.